The fourth-order valence-electron chi connectivity index (χ4n) is 3.57. The minimum absolute atomic E-state index is 0.0443. The molecular weight excluding hydrogens is 342 g/mol. The van der Waals surface area contributed by atoms with E-state index in [4.69, 9.17) is 4.74 Å². The molecule has 6 nitrogen and oxygen atoms in total. The van der Waals surface area contributed by atoms with E-state index in [2.05, 4.69) is 9.97 Å². The van der Waals surface area contributed by atoms with Crippen LogP contribution in [0.15, 0.2) is 53.6 Å². The maximum absolute atomic E-state index is 13.0. The number of carbonyl (C=O) groups excluding carboxylic acids is 1. The van der Waals surface area contributed by atoms with Gasteiger partial charge in [-0.2, -0.15) is 0 Å². The first-order valence-corrected chi connectivity index (χ1v) is 9.32. The van der Waals surface area contributed by atoms with Crippen LogP contribution in [0.5, 0.6) is 0 Å². The Morgan fingerprint density at radius 1 is 1.11 bits per heavy atom. The van der Waals surface area contributed by atoms with Gasteiger partial charge in [0.1, 0.15) is 18.5 Å². The van der Waals surface area contributed by atoms with E-state index in [1.807, 2.05) is 12.1 Å². The molecule has 0 spiro atoms. The number of nitrogens with zero attached hydrogens (tertiary/aromatic N) is 3. The molecule has 0 bridgehead atoms. The summed E-state index contributed by atoms with van der Waals surface area (Å²) in [6, 6.07) is 10.7. The second-order valence-corrected chi connectivity index (χ2v) is 6.84. The van der Waals surface area contributed by atoms with Crippen molar-refractivity contribution in [2.24, 2.45) is 0 Å². The Morgan fingerprint density at radius 2 is 1.93 bits per heavy atom. The van der Waals surface area contributed by atoms with Gasteiger partial charge < -0.3 is 4.74 Å². The van der Waals surface area contributed by atoms with Crippen molar-refractivity contribution in [3.63, 3.8) is 0 Å². The number of fused-ring (bicyclic) bond motifs is 1. The van der Waals surface area contributed by atoms with Crippen LogP contribution in [0.3, 0.4) is 0 Å². The van der Waals surface area contributed by atoms with Crippen LogP contribution < -0.4 is 5.56 Å². The van der Waals surface area contributed by atoms with Gasteiger partial charge in [0, 0.05) is 18.0 Å². The summed E-state index contributed by atoms with van der Waals surface area (Å²) in [5, 5.41) is 0.482. The third-order valence-corrected chi connectivity index (χ3v) is 4.92. The minimum Gasteiger partial charge on any atom is -0.461 e. The quantitative estimate of drug-likeness (QED) is 0.665. The third kappa shape index (κ3) is 3.74. The second kappa shape index (κ2) is 7.70. The maximum Gasteiger partial charge on any atom is 0.326 e. The van der Waals surface area contributed by atoms with Crippen LogP contribution >= 0.6 is 0 Å². The van der Waals surface area contributed by atoms with Gasteiger partial charge in [-0.15, -0.1) is 0 Å². The molecule has 1 saturated carbocycles. The summed E-state index contributed by atoms with van der Waals surface area (Å²) in [4.78, 5) is 34.3. The Morgan fingerprint density at radius 3 is 2.70 bits per heavy atom. The standard InChI is InChI=1S/C21H21N3O3/c25-19(27-16-8-2-1-3-9-16)14-24-20(15-7-6-12-22-13-15)23-18-11-5-4-10-17(18)21(24)26/h4-7,10-13,16H,1-3,8-9,14H2. The highest BCUT2D eigenvalue weighted by Crippen LogP contribution is 2.21. The molecule has 6 heteroatoms. The Labute approximate surface area is 156 Å². The van der Waals surface area contributed by atoms with E-state index >= 15 is 0 Å². The lowest BCUT2D eigenvalue weighted by Crippen LogP contribution is -2.30. The van der Waals surface area contributed by atoms with Crippen LogP contribution in [-0.2, 0) is 16.1 Å². The van der Waals surface area contributed by atoms with Crippen molar-refractivity contribution in [3.8, 4) is 11.4 Å². The average molecular weight is 363 g/mol. The number of rotatable bonds is 4. The topological polar surface area (TPSA) is 74.1 Å². The van der Waals surface area contributed by atoms with E-state index in [0.29, 0.717) is 22.3 Å². The van der Waals surface area contributed by atoms with Crippen LogP contribution in [0.1, 0.15) is 32.1 Å². The molecule has 0 unspecified atom stereocenters. The highest BCUT2D eigenvalue weighted by Gasteiger charge is 2.20. The molecule has 0 radical (unpaired) electrons. The molecular formula is C21H21N3O3. The summed E-state index contributed by atoms with van der Waals surface area (Å²) >= 11 is 0. The number of carbonyl (C=O) groups is 1. The zero-order valence-corrected chi connectivity index (χ0v) is 15.0. The number of para-hydroxylation sites is 1. The monoisotopic (exact) mass is 363 g/mol. The highest BCUT2D eigenvalue weighted by atomic mass is 16.5. The number of pyridine rings is 1. The molecule has 2 heterocycles. The first kappa shape index (κ1) is 17.4. The minimum atomic E-state index is -0.397. The van der Waals surface area contributed by atoms with Gasteiger partial charge in [0.05, 0.1) is 10.9 Å². The van der Waals surface area contributed by atoms with E-state index in [-0.39, 0.29) is 18.2 Å². The van der Waals surface area contributed by atoms with Gasteiger partial charge in [0.2, 0.25) is 0 Å². The number of esters is 1. The van der Waals surface area contributed by atoms with E-state index in [0.717, 1.165) is 25.7 Å². The number of benzene rings is 1. The molecule has 2 aromatic heterocycles. The Balaban J connectivity index is 1.72. The van der Waals surface area contributed by atoms with Crippen molar-refractivity contribution in [2.75, 3.05) is 0 Å². The van der Waals surface area contributed by atoms with E-state index in [1.54, 1.807) is 36.7 Å². The summed E-state index contributed by atoms with van der Waals surface area (Å²) in [6.07, 6.45) is 8.39. The molecule has 0 saturated heterocycles. The fourth-order valence-corrected chi connectivity index (χ4v) is 3.57. The van der Waals surface area contributed by atoms with Crippen LogP contribution in [0.25, 0.3) is 22.3 Å². The van der Waals surface area contributed by atoms with Crippen LogP contribution in [0.2, 0.25) is 0 Å². The lowest BCUT2D eigenvalue weighted by atomic mass is 9.98. The van der Waals surface area contributed by atoms with Crippen molar-refractivity contribution in [1.82, 2.24) is 14.5 Å². The molecule has 27 heavy (non-hydrogen) atoms. The summed E-state index contributed by atoms with van der Waals surface area (Å²) < 4.78 is 7.00. The van der Waals surface area contributed by atoms with Gasteiger partial charge >= 0.3 is 5.97 Å². The van der Waals surface area contributed by atoms with Gasteiger partial charge in [0.15, 0.2) is 0 Å². The normalized spacial score (nSPS) is 15.0. The van der Waals surface area contributed by atoms with E-state index in [9.17, 15) is 9.59 Å². The van der Waals surface area contributed by atoms with Crippen molar-refractivity contribution >= 4 is 16.9 Å². The van der Waals surface area contributed by atoms with Crippen LogP contribution in [-0.4, -0.2) is 26.6 Å². The number of ether oxygens (including phenoxy) is 1. The molecule has 1 aliphatic carbocycles. The summed E-state index contributed by atoms with van der Waals surface area (Å²) in [6.45, 7) is -0.155. The van der Waals surface area contributed by atoms with Gasteiger partial charge in [-0.1, -0.05) is 18.6 Å². The highest BCUT2D eigenvalue weighted by molar-refractivity contribution is 5.80. The molecule has 1 fully saturated rings. The lowest BCUT2D eigenvalue weighted by molar-refractivity contribution is -0.151. The molecule has 3 aromatic rings. The summed E-state index contributed by atoms with van der Waals surface area (Å²) in [7, 11) is 0. The lowest BCUT2D eigenvalue weighted by Gasteiger charge is -2.22. The fraction of sp³-hybridized carbons (Fsp3) is 0.333. The Kier molecular flexibility index (Phi) is 4.96. The SMILES string of the molecule is O=C(Cn1c(-c2cccnc2)nc2ccccc2c1=O)OC1CCCCC1. The van der Waals surface area contributed by atoms with Gasteiger partial charge in [-0.3, -0.25) is 19.1 Å². The average Bonchev–Trinajstić information content (AvgIpc) is 2.71. The van der Waals surface area contributed by atoms with Crippen molar-refractivity contribution in [3.05, 3.63) is 59.1 Å². The van der Waals surface area contributed by atoms with E-state index in [1.165, 1.54) is 11.0 Å². The molecule has 0 aliphatic heterocycles. The largest absolute Gasteiger partial charge is 0.461 e. The Bertz CT molecular complexity index is 1010. The smallest absolute Gasteiger partial charge is 0.326 e. The maximum atomic E-state index is 13.0. The number of hydrogen-bond acceptors (Lipinski definition) is 5. The van der Waals surface area contributed by atoms with Crippen molar-refractivity contribution in [1.29, 1.82) is 0 Å². The Hall–Kier alpha value is -3.02. The molecule has 1 aliphatic rings. The number of aromatic nitrogens is 3. The molecule has 4 rings (SSSR count). The van der Waals surface area contributed by atoms with Crippen molar-refractivity contribution < 1.29 is 9.53 Å². The first-order chi connectivity index (χ1) is 13.2. The summed E-state index contributed by atoms with van der Waals surface area (Å²) in [5.74, 6) is 0.0265. The van der Waals surface area contributed by atoms with Gasteiger partial charge in [-0.25, -0.2) is 4.98 Å². The third-order valence-electron chi connectivity index (χ3n) is 4.92. The van der Waals surface area contributed by atoms with Crippen LogP contribution in [0.4, 0.5) is 0 Å². The van der Waals surface area contributed by atoms with E-state index < -0.39 is 5.97 Å². The molecule has 0 N–H and O–H groups in total. The second-order valence-electron chi connectivity index (χ2n) is 6.84. The van der Waals surface area contributed by atoms with Crippen LogP contribution in [0, 0.1) is 0 Å². The predicted octanol–water partition coefficient (Wildman–Crippen LogP) is 3.33. The predicted molar refractivity (Wildman–Crippen MR) is 102 cm³/mol. The number of hydrogen-bond donors (Lipinski definition) is 0. The summed E-state index contributed by atoms with van der Waals surface area (Å²) in [5.41, 5.74) is 1.03. The van der Waals surface area contributed by atoms with Crippen molar-refractivity contribution in [2.45, 2.75) is 44.8 Å². The molecule has 0 amide bonds. The molecule has 0 atom stereocenters. The zero-order valence-electron chi connectivity index (χ0n) is 15.0. The zero-order chi connectivity index (χ0) is 18.6. The molecule has 138 valence electrons. The van der Waals surface area contributed by atoms with Gasteiger partial charge in [-0.05, 0) is 49.9 Å². The van der Waals surface area contributed by atoms with Gasteiger partial charge in [0.25, 0.3) is 5.56 Å². The molecule has 1 aromatic carbocycles. The first-order valence-electron chi connectivity index (χ1n) is 9.32.